The van der Waals surface area contributed by atoms with Gasteiger partial charge in [-0.1, -0.05) is 115 Å². The highest BCUT2D eigenvalue weighted by atomic mass is 16.3. The summed E-state index contributed by atoms with van der Waals surface area (Å²) in [6.07, 6.45) is 0. The number of para-hydroxylation sites is 4. The van der Waals surface area contributed by atoms with Gasteiger partial charge < -0.3 is 18.0 Å². The van der Waals surface area contributed by atoms with Gasteiger partial charge >= 0.3 is 0 Å². The predicted octanol–water partition coefficient (Wildman–Crippen LogP) is 16.7. The molecular formula is C60H36N2O2. The molecule has 0 aliphatic heterocycles. The highest BCUT2D eigenvalue weighted by Crippen LogP contribution is 2.41. The third-order valence-corrected chi connectivity index (χ3v) is 13.3. The molecule has 10 aromatic carbocycles. The second-order valence-corrected chi connectivity index (χ2v) is 16.9. The van der Waals surface area contributed by atoms with E-state index >= 15 is 0 Å². The van der Waals surface area contributed by atoms with Crippen LogP contribution in [0, 0.1) is 0 Å². The highest BCUT2D eigenvalue weighted by molar-refractivity contribution is 6.13. The van der Waals surface area contributed by atoms with Crippen molar-refractivity contribution < 1.29 is 8.83 Å². The number of fused-ring (bicyclic) bond motifs is 12. The van der Waals surface area contributed by atoms with Crippen LogP contribution in [0.15, 0.2) is 227 Å². The van der Waals surface area contributed by atoms with Gasteiger partial charge in [-0.2, -0.15) is 0 Å². The van der Waals surface area contributed by atoms with Gasteiger partial charge in [-0.15, -0.1) is 0 Å². The highest BCUT2D eigenvalue weighted by Gasteiger charge is 2.17. The monoisotopic (exact) mass is 816 g/mol. The van der Waals surface area contributed by atoms with E-state index in [0.717, 1.165) is 66.4 Å². The number of nitrogens with zero attached hydrogens (tertiary/aromatic N) is 2. The number of hydrogen-bond acceptors (Lipinski definition) is 2. The molecule has 0 bridgehead atoms. The third kappa shape index (κ3) is 5.23. The van der Waals surface area contributed by atoms with E-state index in [9.17, 15) is 0 Å². The Morgan fingerprint density at radius 3 is 1.09 bits per heavy atom. The molecule has 0 radical (unpaired) electrons. The largest absolute Gasteiger partial charge is 0.456 e. The molecule has 4 aromatic heterocycles. The van der Waals surface area contributed by atoms with Crippen molar-refractivity contribution in [1.29, 1.82) is 0 Å². The van der Waals surface area contributed by atoms with Crippen LogP contribution in [0.2, 0.25) is 0 Å². The van der Waals surface area contributed by atoms with Crippen molar-refractivity contribution in [2.45, 2.75) is 0 Å². The SMILES string of the molecule is c1ccc(-n2c3ccccc3c3cc(-c4ccc5oc6ccc(-c7ccc8c(c7)c7ccccc7n8-c7ccc(-c8ccc9oc%10ccccc%10c9c8)cc7)cc6c5c4)ccc32)cc1. The summed E-state index contributed by atoms with van der Waals surface area (Å²) in [6, 6.07) is 78.6. The Balaban J connectivity index is 0.838. The Kier molecular flexibility index (Phi) is 7.36. The summed E-state index contributed by atoms with van der Waals surface area (Å²) in [5.74, 6) is 0. The average Bonchev–Trinajstić information content (AvgIpc) is 4.11. The molecule has 0 aliphatic rings. The molecule has 4 heteroatoms. The fraction of sp³-hybridized carbons (Fsp3) is 0. The first kappa shape index (κ1) is 35.0. The minimum absolute atomic E-state index is 0.886. The molecule has 0 amide bonds. The lowest BCUT2D eigenvalue weighted by Gasteiger charge is -2.10. The average molecular weight is 817 g/mol. The van der Waals surface area contributed by atoms with E-state index in [0.29, 0.717) is 0 Å². The second-order valence-electron chi connectivity index (χ2n) is 16.9. The van der Waals surface area contributed by atoms with Crippen molar-refractivity contribution in [3.8, 4) is 44.8 Å². The van der Waals surface area contributed by atoms with E-state index in [1.165, 1.54) is 65.9 Å². The summed E-state index contributed by atoms with van der Waals surface area (Å²) in [4.78, 5) is 0. The van der Waals surface area contributed by atoms with Crippen molar-refractivity contribution in [1.82, 2.24) is 9.13 Å². The van der Waals surface area contributed by atoms with E-state index in [4.69, 9.17) is 8.83 Å². The summed E-state index contributed by atoms with van der Waals surface area (Å²) in [5, 5.41) is 9.43. The molecule has 0 saturated carbocycles. The van der Waals surface area contributed by atoms with Gasteiger partial charge in [0.05, 0.1) is 22.1 Å². The molecule has 0 saturated heterocycles. The van der Waals surface area contributed by atoms with Gasteiger partial charge in [0.2, 0.25) is 0 Å². The maximum Gasteiger partial charge on any atom is 0.135 e. The molecule has 4 nitrogen and oxygen atoms in total. The van der Waals surface area contributed by atoms with Crippen LogP contribution >= 0.6 is 0 Å². The van der Waals surface area contributed by atoms with Gasteiger partial charge in [-0.05, 0) is 137 Å². The quantitative estimate of drug-likeness (QED) is 0.173. The molecule has 0 unspecified atom stereocenters. The maximum atomic E-state index is 6.45. The molecule has 4 heterocycles. The molecule has 0 atom stereocenters. The fourth-order valence-corrected chi connectivity index (χ4v) is 10.3. The van der Waals surface area contributed by atoms with Gasteiger partial charge in [-0.25, -0.2) is 0 Å². The minimum Gasteiger partial charge on any atom is -0.456 e. The first-order valence-corrected chi connectivity index (χ1v) is 21.8. The van der Waals surface area contributed by atoms with Gasteiger partial charge in [0.15, 0.2) is 0 Å². The Hall–Kier alpha value is -8.60. The van der Waals surface area contributed by atoms with E-state index in [1.54, 1.807) is 0 Å². The third-order valence-electron chi connectivity index (χ3n) is 13.3. The Morgan fingerprint density at radius 1 is 0.219 bits per heavy atom. The molecule has 64 heavy (non-hydrogen) atoms. The lowest BCUT2D eigenvalue weighted by Crippen LogP contribution is -1.93. The van der Waals surface area contributed by atoms with Gasteiger partial charge in [0, 0.05) is 54.5 Å². The van der Waals surface area contributed by atoms with Crippen molar-refractivity contribution >= 4 is 87.5 Å². The van der Waals surface area contributed by atoms with E-state index in [1.807, 2.05) is 12.1 Å². The molecule has 298 valence electrons. The number of rotatable bonds is 5. The summed E-state index contributed by atoms with van der Waals surface area (Å²) < 4.78 is 17.3. The predicted molar refractivity (Wildman–Crippen MR) is 266 cm³/mol. The second kappa shape index (κ2) is 13.4. The van der Waals surface area contributed by atoms with Crippen molar-refractivity contribution in [2.24, 2.45) is 0 Å². The first-order valence-electron chi connectivity index (χ1n) is 21.8. The molecule has 14 aromatic rings. The van der Waals surface area contributed by atoms with Crippen LogP contribution in [0.25, 0.3) is 132 Å². The number of benzene rings is 10. The summed E-state index contributed by atoms with van der Waals surface area (Å²) in [7, 11) is 0. The zero-order valence-corrected chi connectivity index (χ0v) is 34.5. The lowest BCUT2D eigenvalue weighted by atomic mass is 9.98. The zero-order valence-electron chi connectivity index (χ0n) is 34.5. The zero-order chi connectivity index (χ0) is 41.9. The maximum absolute atomic E-state index is 6.45. The molecule has 0 aliphatic carbocycles. The molecule has 0 spiro atoms. The minimum atomic E-state index is 0.886. The molecule has 0 N–H and O–H groups in total. The van der Waals surface area contributed by atoms with Gasteiger partial charge in [-0.3, -0.25) is 0 Å². The standard InChI is InChI=1S/C60H36N2O2/c1-2-10-43(11-3-1)61-53-15-7-4-12-45(53)48-32-39(20-27-55(48)61)41-23-30-59-51(35-41)52-36-42(24-31-60(52)64-59)40-21-28-56-49(33-40)46-13-5-8-16-54(46)62(56)44-25-18-37(19-26-44)38-22-29-58-50(34-38)47-14-6-9-17-57(47)63-58/h1-36H. The summed E-state index contributed by atoms with van der Waals surface area (Å²) in [6.45, 7) is 0. The van der Waals surface area contributed by atoms with Crippen LogP contribution in [0.4, 0.5) is 0 Å². The van der Waals surface area contributed by atoms with Crippen LogP contribution in [0.3, 0.4) is 0 Å². The van der Waals surface area contributed by atoms with Crippen molar-refractivity contribution in [3.05, 3.63) is 218 Å². The number of furan rings is 2. The van der Waals surface area contributed by atoms with Crippen LogP contribution in [-0.2, 0) is 0 Å². The van der Waals surface area contributed by atoms with E-state index in [2.05, 4.69) is 215 Å². The molecule has 0 fully saturated rings. The van der Waals surface area contributed by atoms with Gasteiger partial charge in [0.25, 0.3) is 0 Å². The van der Waals surface area contributed by atoms with E-state index in [-0.39, 0.29) is 0 Å². The lowest BCUT2D eigenvalue weighted by molar-refractivity contribution is 0.668. The number of hydrogen-bond donors (Lipinski definition) is 0. The Bertz CT molecular complexity index is 4180. The normalized spacial score (nSPS) is 12.1. The van der Waals surface area contributed by atoms with Crippen LogP contribution in [0.1, 0.15) is 0 Å². The fourth-order valence-electron chi connectivity index (χ4n) is 10.3. The van der Waals surface area contributed by atoms with Crippen molar-refractivity contribution in [2.75, 3.05) is 0 Å². The van der Waals surface area contributed by atoms with Crippen LogP contribution in [0.5, 0.6) is 0 Å². The smallest absolute Gasteiger partial charge is 0.135 e. The van der Waals surface area contributed by atoms with E-state index < -0.39 is 0 Å². The van der Waals surface area contributed by atoms with Gasteiger partial charge in [0.1, 0.15) is 22.3 Å². The molecule has 14 rings (SSSR count). The molecular weight excluding hydrogens is 781 g/mol. The van der Waals surface area contributed by atoms with Crippen LogP contribution < -0.4 is 0 Å². The van der Waals surface area contributed by atoms with Crippen molar-refractivity contribution in [3.63, 3.8) is 0 Å². The first-order chi connectivity index (χ1) is 31.7. The summed E-state index contributed by atoms with van der Waals surface area (Å²) in [5.41, 5.74) is 17.6. The number of aromatic nitrogens is 2. The summed E-state index contributed by atoms with van der Waals surface area (Å²) >= 11 is 0. The topological polar surface area (TPSA) is 36.1 Å². The van der Waals surface area contributed by atoms with Crippen LogP contribution in [-0.4, -0.2) is 9.13 Å². The Labute approximate surface area is 367 Å². The Morgan fingerprint density at radius 2 is 0.562 bits per heavy atom.